The van der Waals surface area contributed by atoms with Crippen LogP contribution in [0.5, 0.6) is 16.7 Å². The molecule has 0 spiro atoms. The molecule has 1 aromatic heterocycles. The zero-order valence-corrected chi connectivity index (χ0v) is 20.6. The number of para-hydroxylation sites is 1. The largest absolute Gasteiger partial charge is 0.492 e. The van der Waals surface area contributed by atoms with Crippen LogP contribution in [0.4, 0.5) is 0 Å². The lowest BCUT2D eigenvalue weighted by molar-refractivity contribution is 0.201. The fourth-order valence-corrected chi connectivity index (χ4v) is 7.52. The van der Waals surface area contributed by atoms with Crippen LogP contribution in [0.2, 0.25) is 5.02 Å². The third-order valence-corrected chi connectivity index (χ3v) is 8.80. The Hall–Kier alpha value is -1.91. The first-order chi connectivity index (χ1) is 15.9. The number of hydrogen-bond donors (Lipinski definition) is 1. The molecule has 2 fully saturated rings. The highest BCUT2D eigenvalue weighted by molar-refractivity contribution is 7.88. The van der Waals surface area contributed by atoms with Gasteiger partial charge in [-0.25, -0.2) is 13.4 Å². The third kappa shape index (κ3) is 5.12. The van der Waals surface area contributed by atoms with Crippen LogP contribution < -0.4 is 14.8 Å². The first-order valence-corrected chi connectivity index (χ1v) is 14.1. The number of nitrogens with zero attached hydrogens (tertiary/aromatic N) is 2. The Kier molecular flexibility index (Phi) is 6.50. The smallest absolute Gasteiger partial charge is 0.279 e. The SMILES string of the molecule is CS(=O)(=O)N1C2CCC1CC(NCCOc1ccc(Oc3nc4c(Cl)cccc4s3)cc1)C2. The Balaban J connectivity index is 1.08. The third-order valence-electron chi connectivity index (χ3n) is 6.23. The van der Waals surface area contributed by atoms with E-state index in [1.54, 1.807) is 4.31 Å². The fraction of sp³-hybridized carbons (Fsp3) is 0.435. The lowest BCUT2D eigenvalue weighted by atomic mass is 10.00. The number of benzene rings is 2. The molecule has 2 aromatic carbocycles. The first kappa shape index (κ1) is 22.9. The molecule has 3 heterocycles. The molecule has 1 N–H and O–H groups in total. The lowest BCUT2D eigenvalue weighted by Gasteiger charge is -2.37. The summed E-state index contributed by atoms with van der Waals surface area (Å²) in [6, 6.07) is 13.8. The van der Waals surface area contributed by atoms with Crippen LogP contribution in [0.25, 0.3) is 10.2 Å². The average molecular weight is 508 g/mol. The van der Waals surface area contributed by atoms with Gasteiger partial charge < -0.3 is 14.8 Å². The zero-order chi connectivity index (χ0) is 23.0. The van der Waals surface area contributed by atoms with Crippen molar-refractivity contribution in [1.29, 1.82) is 0 Å². The number of nitrogens with one attached hydrogen (secondary N) is 1. The van der Waals surface area contributed by atoms with E-state index < -0.39 is 10.0 Å². The van der Waals surface area contributed by atoms with Gasteiger partial charge in [-0.3, -0.25) is 0 Å². The summed E-state index contributed by atoms with van der Waals surface area (Å²) in [6.07, 6.45) is 4.99. The van der Waals surface area contributed by atoms with Gasteiger partial charge in [0.05, 0.1) is 16.0 Å². The summed E-state index contributed by atoms with van der Waals surface area (Å²) < 4.78 is 38.5. The number of aromatic nitrogens is 1. The summed E-state index contributed by atoms with van der Waals surface area (Å²) in [7, 11) is -3.12. The van der Waals surface area contributed by atoms with Gasteiger partial charge in [0.15, 0.2) is 0 Å². The highest BCUT2D eigenvalue weighted by Crippen LogP contribution is 2.37. The number of piperidine rings is 1. The molecular weight excluding hydrogens is 482 g/mol. The lowest BCUT2D eigenvalue weighted by Crippen LogP contribution is -2.51. The fourth-order valence-electron chi connectivity index (χ4n) is 4.92. The molecule has 2 unspecified atom stereocenters. The maximum Gasteiger partial charge on any atom is 0.279 e. The van der Waals surface area contributed by atoms with Crippen LogP contribution >= 0.6 is 22.9 Å². The monoisotopic (exact) mass is 507 g/mol. The predicted octanol–water partition coefficient (Wildman–Crippen LogP) is 4.67. The summed E-state index contributed by atoms with van der Waals surface area (Å²) in [5, 5.41) is 4.70. The van der Waals surface area contributed by atoms with Crippen LogP contribution in [-0.4, -0.2) is 55.2 Å². The molecule has 0 amide bonds. The molecule has 33 heavy (non-hydrogen) atoms. The summed E-state index contributed by atoms with van der Waals surface area (Å²) in [5.41, 5.74) is 0.751. The Morgan fingerprint density at radius 2 is 1.82 bits per heavy atom. The van der Waals surface area contributed by atoms with Gasteiger partial charge in [0, 0.05) is 24.7 Å². The van der Waals surface area contributed by atoms with Crippen molar-refractivity contribution in [2.75, 3.05) is 19.4 Å². The molecule has 2 aliphatic rings. The van der Waals surface area contributed by atoms with Crippen molar-refractivity contribution in [1.82, 2.24) is 14.6 Å². The number of thiazole rings is 1. The molecule has 2 bridgehead atoms. The quantitative estimate of drug-likeness (QED) is 0.446. The van der Waals surface area contributed by atoms with Crippen molar-refractivity contribution in [2.24, 2.45) is 0 Å². The number of halogens is 1. The maximum absolute atomic E-state index is 12.0. The molecule has 0 radical (unpaired) electrons. The molecular formula is C23H26ClN3O4S2. The average Bonchev–Trinajstić information content (AvgIpc) is 3.31. The molecule has 10 heteroatoms. The summed E-state index contributed by atoms with van der Waals surface area (Å²) in [4.78, 5) is 4.46. The van der Waals surface area contributed by atoms with E-state index in [9.17, 15) is 8.42 Å². The molecule has 176 valence electrons. The highest BCUT2D eigenvalue weighted by Gasteiger charge is 2.44. The molecule has 7 nitrogen and oxygen atoms in total. The predicted molar refractivity (Wildman–Crippen MR) is 131 cm³/mol. The number of rotatable bonds is 8. The van der Waals surface area contributed by atoms with E-state index in [4.69, 9.17) is 21.1 Å². The van der Waals surface area contributed by atoms with Gasteiger partial charge in [-0.1, -0.05) is 29.0 Å². The van der Waals surface area contributed by atoms with Gasteiger partial charge in [0.25, 0.3) is 5.19 Å². The minimum absolute atomic E-state index is 0.135. The Labute approximate surface area is 202 Å². The van der Waals surface area contributed by atoms with Crippen LogP contribution in [0.3, 0.4) is 0 Å². The molecule has 2 aliphatic heterocycles. The summed E-state index contributed by atoms with van der Waals surface area (Å²) in [5.74, 6) is 1.45. The highest BCUT2D eigenvalue weighted by atomic mass is 35.5. The Bertz CT molecular complexity index is 1220. The Morgan fingerprint density at radius 1 is 1.12 bits per heavy atom. The van der Waals surface area contributed by atoms with E-state index in [-0.39, 0.29) is 12.1 Å². The second-order valence-electron chi connectivity index (χ2n) is 8.59. The number of sulfonamides is 1. The second kappa shape index (κ2) is 9.38. The van der Waals surface area contributed by atoms with Gasteiger partial charge in [0.2, 0.25) is 10.0 Å². The molecule has 3 aromatic rings. The molecule has 0 aliphatic carbocycles. The molecule has 2 saturated heterocycles. The molecule has 5 rings (SSSR count). The first-order valence-electron chi connectivity index (χ1n) is 11.0. The van der Waals surface area contributed by atoms with Crippen molar-refractivity contribution in [3.63, 3.8) is 0 Å². The van der Waals surface area contributed by atoms with E-state index >= 15 is 0 Å². The minimum Gasteiger partial charge on any atom is -0.492 e. The van der Waals surface area contributed by atoms with Gasteiger partial charge in [-0.15, -0.1) is 0 Å². The van der Waals surface area contributed by atoms with E-state index in [1.165, 1.54) is 17.6 Å². The summed E-state index contributed by atoms with van der Waals surface area (Å²) >= 11 is 7.64. The van der Waals surface area contributed by atoms with E-state index in [1.807, 2.05) is 42.5 Å². The summed E-state index contributed by atoms with van der Waals surface area (Å²) in [6.45, 7) is 1.26. The van der Waals surface area contributed by atoms with Gasteiger partial charge in [0.1, 0.15) is 23.6 Å². The van der Waals surface area contributed by atoms with Crippen molar-refractivity contribution in [3.8, 4) is 16.7 Å². The van der Waals surface area contributed by atoms with E-state index in [2.05, 4.69) is 10.3 Å². The van der Waals surface area contributed by atoms with Gasteiger partial charge in [-0.05, 0) is 62.1 Å². The maximum atomic E-state index is 12.0. The van der Waals surface area contributed by atoms with Crippen LogP contribution in [0.15, 0.2) is 42.5 Å². The van der Waals surface area contributed by atoms with Gasteiger partial charge in [-0.2, -0.15) is 4.31 Å². The topological polar surface area (TPSA) is 80.8 Å². The van der Waals surface area contributed by atoms with Crippen LogP contribution in [0, 0.1) is 0 Å². The van der Waals surface area contributed by atoms with Crippen molar-refractivity contribution >= 4 is 43.2 Å². The Morgan fingerprint density at radius 3 is 2.48 bits per heavy atom. The van der Waals surface area contributed by atoms with Crippen molar-refractivity contribution in [3.05, 3.63) is 47.5 Å². The second-order valence-corrected chi connectivity index (χ2v) is 11.9. The van der Waals surface area contributed by atoms with Crippen LogP contribution in [0.1, 0.15) is 25.7 Å². The normalized spacial score (nSPS) is 23.2. The van der Waals surface area contributed by atoms with Crippen molar-refractivity contribution < 1.29 is 17.9 Å². The van der Waals surface area contributed by atoms with Gasteiger partial charge >= 0.3 is 0 Å². The van der Waals surface area contributed by atoms with E-state index in [0.717, 1.165) is 41.6 Å². The van der Waals surface area contributed by atoms with E-state index in [0.29, 0.717) is 35.2 Å². The number of ether oxygens (including phenoxy) is 2. The minimum atomic E-state index is -3.12. The number of hydrogen-bond acceptors (Lipinski definition) is 7. The zero-order valence-electron chi connectivity index (χ0n) is 18.2. The standard InChI is InChI=1S/C23H26ClN3O4S2/c1-33(28,29)27-16-5-6-17(27)14-15(13-16)25-11-12-30-18-7-9-19(10-8-18)31-23-26-22-20(24)3-2-4-21(22)32-23/h2-4,7-10,15-17,25H,5-6,11-14H2,1H3. The molecule has 2 atom stereocenters. The number of fused-ring (bicyclic) bond motifs is 3. The molecule has 0 saturated carbocycles. The van der Waals surface area contributed by atoms with Crippen LogP contribution in [-0.2, 0) is 10.0 Å². The van der Waals surface area contributed by atoms with Crippen molar-refractivity contribution in [2.45, 2.75) is 43.8 Å².